The molecule has 2 aromatic heterocycles. The van der Waals surface area contributed by atoms with Crippen LogP contribution in [0.2, 0.25) is 0 Å². The van der Waals surface area contributed by atoms with Gasteiger partial charge in [0, 0.05) is 18.4 Å². The summed E-state index contributed by atoms with van der Waals surface area (Å²) in [4.78, 5) is 4.33. The molecule has 84 valence electrons. The molecule has 0 aliphatic heterocycles. The van der Waals surface area contributed by atoms with Gasteiger partial charge >= 0.3 is 0 Å². The molecule has 0 aliphatic carbocycles. The number of nitrogens with two attached hydrogens (primary N) is 1. The first-order chi connectivity index (χ1) is 7.68. The van der Waals surface area contributed by atoms with Crippen LogP contribution in [0.3, 0.4) is 0 Å². The lowest BCUT2D eigenvalue weighted by atomic mass is 10.1. The molecule has 2 heterocycles. The van der Waals surface area contributed by atoms with E-state index in [9.17, 15) is 0 Å². The number of rotatable bonds is 3. The summed E-state index contributed by atoms with van der Waals surface area (Å²) < 4.78 is 2.77. The first kappa shape index (κ1) is 11.3. The average Bonchev–Trinajstić information content (AvgIpc) is 2.66. The summed E-state index contributed by atoms with van der Waals surface area (Å²) in [7, 11) is 0. The molecule has 0 aromatic carbocycles. The molecule has 0 fully saturated rings. The topological polar surface area (TPSA) is 56.7 Å². The molecule has 0 saturated carbocycles. The molecule has 0 saturated heterocycles. The van der Waals surface area contributed by atoms with Crippen molar-refractivity contribution in [3.05, 3.63) is 47.0 Å². The lowest BCUT2D eigenvalue weighted by Crippen LogP contribution is -2.31. The van der Waals surface area contributed by atoms with Gasteiger partial charge in [-0.1, -0.05) is 6.07 Å². The molecule has 4 nitrogen and oxygen atoms in total. The van der Waals surface area contributed by atoms with Gasteiger partial charge in [0.15, 0.2) is 0 Å². The molecule has 2 N–H and O–H groups in total. The maximum absolute atomic E-state index is 5.99. The van der Waals surface area contributed by atoms with E-state index in [0.717, 1.165) is 10.2 Å². The SMILES string of the molecule is CC(N)C(c1ccccn1)n1cc(Br)cn1. The minimum absolute atomic E-state index is 0.0347. The summed E-state index contributed by atoms with van der Waals surface area (Å²) in [5, 5.41) is 4.26. The normalized spacial score (nSPS) is 14.7. The first-order valence-electron chi connectivity index (χ1n) is 5.04. The van der Waals surface area contributed by atoms with Crippen molar-refractivity contribution in [1.29, 1.82) is 0 Å². The van der Waals surface area contributed by atoms with Crippen LogP contribution in [-0.2, 0) is 0 Å². The van der Waals surface area contributed by atoms with E-state index in [0.29, 0.717) is 0 Å². The molecule has 0 spiro atoms. The van der Waals surface area contributed by atoms with Crippen molar-refractivity contribution < 1.29 is 0 Å². The lowest BCUT2D eigenvalue weighted by Gasteiger charge is -2.20. The van der Waals surface area contributed by atoms with Gasteiger partial charge < -0.3 is 5.73 Å². The predicted molar refractivity (Wildman–Crippen MR) is 66.0 cm³/mol. The maximum atomic E-state index is 5.99. The third-order valence-corrected chi connectivity index (χ3v) is 2.75. The lowest BCUT2D eigenvalue weighted by molar-refractivity contribution is 0.444. The van der Waals surface area contributed by atoms with Gasteiger partial charge in [-0.05, 0) is 35.0 Å². The van der Waals surface area contributed by atoms with Gasteiger partial charge in [0.1, 0.15) is 6.04 Å². The number of aromatic nitrogens is 3. The number of halogens is 1. The highest BCUT2D eigenvalue weighted by atomic mass is 79.9. The van der Waals surface area contributed by atoms with E-state index in [-0.39, 0.29) is 12.1 Å². The van der Waals surface area contributed by atoms with E-state index < -0.39 is 0 Å². The zero-order valence-electron chi connectivity index (χ0n) is 8.92. The smallest absolute Gasteiger partial charge is 0.109 e. The van der Waals surface area contributed by atoms with Gasteiger partial charge in [-0.2, -0.15) is 5.10 Å². The Morgan fingerprint density at radius 3 is 2.75 bits per heavy atom. The van der Waals surface area contributed by atoms with Crippen LogP contribution in [0.4, 0.5) is 0 Å². The summed E-state index contributed by atoms with van der Waals surface area (Å²) >= 11 is 3.38. The second-order valence-corrected chi connectivity index (χ2v) is 4.61. The van der Waals surface area contributed by atoms with E-state index in [1.807, 2.05) is 36.0 Å². The number of hydrogen-bond acceptors (Lipinski definition) is 3. The second kappa shape index (κ2) is 4.76. The highest BCUT2D eigenvalue weighted by Gasteiger charge is 2.20. The summed E-state index contributed by atoms with van der Waals surface area (Å²) in [6.07, 6.45) is 5.42. The molecule has 16 heavy (non-hydrogen) atoms. The highest BCUT2D eigenvalue weighted by Crippen LogP contribution is 2.20. The van der Waals surface area contributed by atoms with E-state index in [1.165, 1.54) is 0 Å². The molecule has 0 aliphatic rings. The van der Waals surface area contributed by atoms with Gasteiger partial charge in [-0.3, -0.25) is 9.67 Å². The summed E-state index contributed by atoms with van der Waals surface area (Å²) in [5.41, 5.74) is 6.92. The van der Waals surface area contributed by atoms with Crippen LogP contribution in [0.25, 0.3) is 0 Å². The predicted octanol–water partition coefficient (Wildman–Crippen LogP) is 1.98. The van der Waals surface area contributed by atoms with Crippen LogP contribution < -0.4 is 5.73 Å². The number of nitrogens with zero attached hydrogens (tertiary/aromatic N) is 3. The fourth-order valence-corrected chi connectivity index (χ4v) is 1.97. The highest BCUT2D eigenvalue weighted by molar-refractivity contribution is 9.10. The Labute approximate surface area is 103 Å². The molecule has 0 amide bonds. The molecular formula is C11H13BrN4. The zero-order valence-corrected chi connectivity index (χ0v) is 10.5. The van der Waals surface area contributed by atoms with Crippen molar-refractivity contribution in [1.82, 2.24) is 14.8 Å². The third kappa shape index (κ3) is 2.31. The number of pyridine rings is 1. The van der Waals surface area contributed by atoms with E-state index in [1.54, 1.807) is 12.4 Å². The van der Waals surface area contributed by atoms with Crippen LogP contribution in [0.15, 0.2) is 41.3 Å². The van der Waals surface area contributed by atoms with Crippen molar-refractivity contribution in [2.24, 2.45) is 5.73 Å². The Hall–Kier alpha value is -1.20. The monoisotopic (exact) mass is 280 g/mol. The van der Waals surface area contributed by atoms with E-state index in [4.69, 9.17) is 5.73 Å². The Morgan fingerprint density at radius 2 is 2.25 bits per heavy atom. The van der Waals surface area contributed by atoms with E-state index >= 15 is 0 Å². The summed E-state index contributed by atoms with van der Waals surface area (Å²) in [6, 6.07) is 5.72. The van der Waals surface area contributed by atoms with Crippen molar-refractivity contribution in [2.75, 3.05) is 0 Å². The fourth-order valence-electron chi connectivity index (χ4n) is 1.66. The Kier molecular flexibility index (Phi) is 3.36. The van der Waals surface area contributed by atoms with Gasteiger partial charge in [0.05, 0.1) is 16.4 Å². The van der Waals surface area contributed by atoms with Gasteiger partial charge in [0.25, 0.3) is 0 Å². The zero-order chi connectivity index (χ0) is 11.5. The van der Waals surface area contributed by atoms with Gasteiger partial charge in [0.2, 0.25) is 0 Å². The fraction of sp³-hybridized carbons (Fsp3) is 0.273. The Balaban J connectivity index is 2.39. The minimum Gasteiger partial charge on any atom is -0.326 e. The molecule has 5 heteroatoms. The van der Waals surface area contributed by atoms with Crippen LogP contribution in [-0.4, -0.2) is 20.8 Å². The molecule has 2 unspecified atom stereocenters. The van der Waals surface area contributed by atoms with Crippen LogP contribution in [0.1, 0.15) is 18.7 Å². The minimum atomic E-state index is -0.0540. The van der Waals surface area contributed by atoms with Gasteiger partial charge in [-0.15, -0.1) is 0 Å². The van der Waals surface area contributed by atoms with E-state index in [2.05, 4.69) is 26.0 Å². The Bertz CT molecular complexity index is 452. The largest absolute Gasteiger partial charge is 0.326 e. The summed E-state index contributed by atoms with van der Waals surface area (Å²) in [6.45, 7) is 1.95. The Morgan fingerprint density at radius 1 is 1.44 bits per heavy atom. The molecule has 0 radical (unpaired) electrons. The van der Waals surface area contributed by atoms with Crippen molar-refractivity contribution >= 4 is 15.9 Å². The van der Waals surface area contributed by atoms with Crippen molar-refractivity contribution in [2.45, 2.75) is 19.0 Å². The third-order valence-electron chi connectivity index (χ3n) is 2.34. The quantitative estimate of drug-likeness (QED) is 0.935. The molecule has 2 rings (SSSR count). The van der Waals surface area contributed by atoms with Crippen molar-refractivity contribution in [3.8, 4) is 0 Å². The molecule has 2 atom stereocenters. The molecule has 2 aromatic rings. The van der Waals surface area contributed by atoms with Crippen LogP contribution >= 0.6 is 15.9 Å². The van der Waals surface area contributed by atoms with Crippen molar-refractivity contribution in [3.63, 3.8) is 0 Å². The van der Waals surface area contributed by atoms with Gasteiger partial charge in [-0.25, -0.2) is 0 Å². The second-order valence-electron chi connectivity index (χ2n) is 3.70. The standard InChI is InChI=1S/C11H13BrN4/c1-8(13)11(10-4-2-3-5-14-10)16-7-9(12)6-15-16/h2-8,11H,13H2,1H3. The average molecular weight is 281 g/mol. The summed E-state index contributed by atoms with van der Waals surface area (Å²) in [5.74, 6) is 0. The molecular weight excluding hydrogens is 268 g/mol. The first-order valence-corrected chi connectivity index (χ1v) is 5.84. The molecule has 0 bridgehead atoms. The number of hydrogen-bond donors (Lipinski definition) is 1. The van der Waals surface area contributed by atoms with Crippen LogP contribution in [0.5, 0.6) is 0 Å². The maximum Gasteiger partial charge on any atom is 0.109 e. The van der Waals surface area contributed by atoms with Crippen LogP contribution in [0, 0.1) is 0 Å².